The molecule has 1 aromatic rings. The summed E-state index contributed by atoms with van der Waals surface area (Å²) in [7, 11) is -3.01. The van der Waals surface area contributed by atoms with E-state index in [9.17, 15) is 23.3 Å². The van der Waals surface area contributed by atoms with Crippen LogP contribution in [0.15, 0.2) is 29.2 Å². The van der Waals surface area contributed by atoms with Gasteiger partial charge >= 0.3 is 5.97 Å². The minimum atomic E-state index is -3.63. The van der Waals surface area contributed by atoms with Gasteiger partial charge in [0, 0.05) is 17.9 Å². The molecule has 1 aromatic carbocycles. The van der Waals surface area contributed by atoms with E-state index >= 15 is 0 Å². The van der Waals surface area contributed by atoms with Gasteiger partial charge in [-0.15, -0.1) is 0 Å². The number of benzene rings is 1. The maximum Gasteiger partial charge on any atom is 0.311 e. The molecule has 0 aliphatic rings. The third-order valence-electron chi connectivity index (χ3n) is 2.50. The van der Waals surface area contributed by atoms with Crippen molar-refractivity contribution in [3.05, 3.63) is 34.4 Å². The lowest BCUT2D eigenvalue weighted by Gasteiger charge is -2.16. The number of esters is 1. The van der Waals surface area contributed by atoms with Gasteiger partial charge in [-0.3, -0.25) is 14.9 Å². The van der Waals surface area contributed by atoms with Crippen LogP contribution in [-0.4, -0.2) is 31.7 Å². The van der Waals surface area contributed by atoms with E-state index in [2.05, 4.69) is 0 Å². The first-order valence-corrected chi connectivity index (χ1v) is 9.34. The average Bonchev–Trinajstić information content (AvgIpc) is 2.42. The summed E-state index contributed by atoms with van der Waals surface area (Å²) in [6.45, 7) is 5.09. The Morgan fingerprint density at radius 1 is 1.27 bits per heavy atom. The fraction of sp³-hybridized carbons (Fsp3) is 0.462. The second-order valence-electron chi connectivity index (χ2n) is 5.41. The predicted octanol–water partition coefficient (Wildman–Crippen LogP) is 2.61. The molecule has 0 radical (unpaired) electrons. The fourth-order valence-electron chi connectivity index (χ4n) is 1.30. The van der Waals surface area contributed by atoms with E-state index < -0.39 is 25.2 Å². The lowest BCUT2D eigenvalue weighted by molar-refractivity contribution is -0.384. The lowest BCUT2D eigenvalue weighted by atomic mass is 9.97. The summed E-state index contributed by atoms with van der Waals surface area (Å²) in [6.07, 6.45) is 0. The molecule has 0 heterocycles. The smallest absolute Gasteiger partial charge is 0.311 e. The van der Waals surface area contributed by atoms with Crippen molar-refractivity contribution >= 4 is 31.3 Å². The number of nitrogens with zero attached hydrogens (tertiary/aromatic N) is 1. The normalized spacial score (nSPS) is 12.0. The Morgan fingerprint density at radius 3 is 2.27 bits per heavy atom. The van der Waals surface area contributed by atoms with Gasteiger partial charge in [-0.2, -0.15) is 0 Å². The molecule has 0 aliphatic carbocycles. The van der Waals surface area contributed by atoms with Crippen LogP contribution in [0.4, 0.5) is 5.69 Å². The van der Waals surface area contributed by atoms with E-state index in [0.29, 0.717) is 10.8 Å². The maximum atomic E-state index is 12.0. The van der Waals surface area contributed by atoms with E-state index in [1.54, 1.807) is 20.8 Å². The number of carbonyl (C=O) groups is 1. The summed E-state index contributed by atoms with van der Waals surface area (Å²) >= 11 is 0. The molecule has 9 heteroatoms. The summed E-state index contributed by atoms with van der Waals surface area (Å²) in [5.74, 6) is -0.318. The zero-order valence-electron chi connectivity index (χ0n) is 12.4. The van der Waals surface area contributed by atoms with Crippen molar-refractivity contribution < 1.29 is 22.9 Å². The number of hydrogen-bond donors (Lipinski definition) is 0. The van der Waals surface area contributed by atoms with Crippen LogP contribution in [-0.2, 0) is 18.4 Å². The van der Waals surface area contributed by atoms with Crippen molar-refractivity contribution in [2.45, 2.75) is 25.7 Å². The zero-order chi connectivity index (χ0) is 17.0. The van der Waals surface area contributed by atoms with E-state index in [1.807, 2.05) is 0 Å². The van der Waals surface area contributed by atoms with Gasteiger partial charge in [0.25, 0.3) is 5.69 Å². The SMILES string of the molecule is CC(C)(C)C(=O)OCCSS(=O)(=O)c1ccc([N+](=O)[O-])cc1. The largest absolute Gasteiger partial charge is 0.464 e. The number of nitro benzene ring substituents is 1. The minimum Gasteiger partial charge on any atom is -0.464 e. The molecule has 0 bridgehead atoms. The van der Waals surface area contributed by atoms with Gasteiger partial charge < -0.3 is 4.74 Å². The highest BCUT2D eigenvalue weighted by Gasteiger charge is 2.23. The van der Waals surface area contributed by atoms with Crippen LogP contribution in [0, 0.1) is 15.5 Å². The average molecular weight is 347 g/mol. The molecule has 0 spiro atoms. The summed E-state index contributed by atoms with van der Waals surface area (Å²) in [4.78, 5) is 21.4. The number of ether oxygens (including phenoxy) is 1. The van der Waals surface area contributed by atoms with Crippen LogP contribution in [0.2, 0.25) is 0 Å². The number of non-ortho nitro benzene ring substituents is 1. The molecule has 0 aliphatic heterocycles. The highest BCUT2D eigenvalue weighted by atomic mass is 33.1. The van der Waals surface area contributed by atoms with Gasteiger partial charge in [-0.25, -0.2) is 8.42 Å². The van der Waals surface area contributed by atoms with Crippen LogP contribution < -0.4 is 0 Å². The maximum absolute atomic E-state index is 12.0. The number of nitro groups is 1. The Kier molecular flexibility index (Phi) is 5.95. The van der Waals surface area contributed by atoms with Crippen molar-refractivity contribution in [2.75, 3.05) is 12.4 Å². The predicted molar refractivity (Wildman–Crippen MR) is 83.2 cm³/mol. The fourth-order valence-corrected chi connectivity index (χ4v) is 3.88. The molecule has 0 unspecified atom stereocenters. The Balaban J connectivity index is 2.58. The Hall–Kier alpha value is -1.61. The van der Waals surface area contributed by atoms with Gasteiger partial charge in [-0.05, 0) is 43.7 Å². The summed E-state index contributed by atoms with van der Waals surface area (Å²) in [5.41, 5.74) is -0.815. The number of hydrogen-bond acceptors (Lipinski definition) is 7. The van der Waals surface area contributed by atoms with Crippen molar-refractivity contribution in [3.63, 3.8) is 0 Å². The molecule has 1 rings (SSSR count). The van der Waals surface area contributed by atoms with E-state index in [1.165, 1.54) is 12.1 Å². The zero-order valence-corrected chi connectivity index (χ0v) is 14.1. The van der Waals surface area contributed by atoms with Crippen molar-refractivity contribution in [2.24, 2.45) is 5.41 Å². The monoisotopic (exact) mass is 347 g/mol. The molecule has 0 atom stereocenters. The van der Waals surface area contributed by atoms with E-state index in [-0.39, 0.29) is 22.9 Å². The first-order valence-electron chi connectivity index (χ1n) is 6.35. The molecular formula is C13H17NO6S2. The van der Waals surface area contributed by atoms with Gasteiger partial charge in [-0.1, -0.05) is 0 Å². The lowest BCUT2D eigenvalue weighted by Crippen LogP contribution is -2.23. The van der Waals surface area contributed by atoms with Gasteiger partial charge in [0.05, 0.1) is 15.2 Å². The van der Waals surface area contributed by atoms with Crippen LogP contribution in [0.1, 0.15) is 20.8 Å². The first-order chi connectivity index (χ1) is 10.0. The molecular weight excluding hydrogens is 330 g/mol. The van der Waals surface area contributed by atoms with Gasteiger partial charge in [0.15, 0.2) is 0 Å². The Morgan fingerprint density at radius 2 is 1.82 bits per heavy atom. The summed E-state index contributed by atoms with van der Waals surface area (Å²) < 4.78 is 29.0. The molecule has 0 amide bonds. The Labute approximate surface area is 132 Å². The van der Waals surface area contributed by atoms with E-state index in [4.69, 9.17) is 4.74 Å². The van der Waals surface area contributed by atoms with Gasteiger partial charge in [0.2, 0.25) is 8.87 Å². The molecule has 0 fully saturated rings. The molecule has 0 N–H and O–H groups in total. The molecule has 0 saturated heterocycles. The molecule has 22 heavy (non-hydrogen) atoms. The van der Waals surface area contributed by atoms with Crippen molar-refractivity contribution in [1.82, 2.24) is 0 Å². The first kappa shape index (κ1) is 18.4. The highest BCUT2D eigenvalue weighted by molar-refractivity contribution is 8.72. The second kappa shape index (κ2) is 7.10. The van der Waals surface area contributed by atoms with Gasteiger partial charge in [0.1, 0.15) is 6.61 Å². The molecule has 122 valence electrons. The van der Waals surface area contributed by atoms with Crippen LogP contribution in [0.25, 0.3) is 0 Å². The number of rotatable bonds is 6. The summed E-state index contributed by atoms with van der Waals surface area (Å²) in [5, 5.41) is 10.5. The Bertz CT molecular complexity index is 646. The van der Waals surface area contributed by atoms with Crippen molar-refractivity contribution in [3.8, 4) is 0 Å². The summed E-state index contributed by atoms with van der Waals surface area (Å²) in [6, 6.07) is 4.63. The second-order valence-corrected chi connectivity index (χ2v) is 9.46. The highest BCUT2D eigenvalue weighted by Crippen LogP contribution is 2.25. The van der Waals surface area contributed by atoms with E-state index in [0.717, 1.165) is 12.1 Å². The standard InChI is InChI=1S/C13H17NO6S2/c1-13(2,3)12(15)20-8-9-21-22(18,19)11-6-4-10(5-7-11)14(16)17/h4-7H,8-9H2,1-3H3. The van der Waals surface area contributed by atoms with Crippen LogP contribution in [0.5, 0.6) is 0 Å². The van der Waals surface area contributed by atoms with Crippen molar-refractivity contribution in [1.29, 1.82) is 0 Å². The third kappa shape index (κ3) is 5.30. The quantitative estimate of drug-likeness (QED) is 0.256. The third-order valence-corrected chi connectivity index (χ3v) is 6.00. The molecule has 0 saturated carbocycles. The topological polar surface area (TPSA) is 104 Å². The minimum absolute atomic E-state index is 0.0209. The van der Waals surface area contributed by atoms with Crippen LogP contribution in [0.3, 0.4) is 0 Å². The van der Waals surface area contributed by atoms with Crippen LogP contribution >= 0.6 is 10.8 Å². The molecule has 0 aromatic heterocycles. The number of carbonyl (C=O) groups excluding carboxylic acids is 1. The molecule has 7 nitrogen and oxygen atoms in total.